The molecule has 58 valence electrons. The highest BCUT2D eigenvalue weighted by Crippen LogP contribution is 1.74. The van der Waals surface area contributed by atoms with Crippen molar-refractivity contribution in [2.75, 3.05) is 7.05 Å². The summed E-state index contributed by atoms with van der Waals surface area (Å²) in [4.78, 5) is 9.98. The molecule has 5 nitrogen and oxygen atoms in total. The van der Waals surface area contributed by atoms with Gasteiger partial charge < -0.3 is 15.8 Å². The lowest BCUT2D eigenvalue weighted by molar-refractivity contribution is 0.193. The van der Waals surface area contributed by atoms with Crippen LogP contribution in [0.1, 0.15) is 6.92 Å². The van der Waals surface area contributed by atoms with E-state index >= 15 is 0 Å². The largest absolute Gasteiger partial charge is 0.465 e. The topological polar surface area (TPSA) is 73.7 Å². The van der Waals surface area contributed by atoms with Gasteiger partial charge in [-0.1, -0.05) is 0 Å². The molecule has 10 heavy (non-hydrogen) atoms. The van der Waals surface area contributed by atoms with Gasteiger partial charge in [0.15, 0.2) is 0 Å². The fourth-order valence-corrected chi connectivity index (χ4v) is 0.418. The molecular formula is C5H11N3O2. The van der Waals surface area contributed by atoms with Crippen LogP contribution in [0.4, 0.5) is 4.79 Å². The number of hydrazone groups is 1. The summed E-state index contributed by atoms with van der Waals surface area (Å²) in [6, 6.07) is -0.259. The van der Waals surface area contributed by atoms with E-state index in [9.17, 15) is 4.79 Å². The smallest absolute Gasteiger partial charge is 0.405 e. The third-order valence-electron chi connectivity index (χ3n) is 0.778. The molecule has 0 saturated carbocycles. The standard InChI is InChI=1S/C5H11N3O2/c1-4(3-7-6-2)8-5(9)10/h3-4,6,8H,1-2H3,(H,9,10)/b7-3+. The molecule has 0 aromatic heterocycles. The number of nitrogens with one attached hydrogen (secondary N) is 2. The number of hydrogen-bond acceptors (Lipinski definition) is 3. The summed E-state index contributed by atoms with van der Waals surface area (Å²) in [6.45, 7) is 1.69. The average Bonchev–Trinajstić information content (AvgIpc) is 1.82. The molecule has 1 amide bonds. The van der Waals surface area contributed by atoms with Crippen LogP contribution < -0.4 is 10.7 Å². The lowest BCUT2D eigenvalue weighted by Crippen LogP contribution is -2.32. The van der Waals surface area contributed by atoms with E-state index in [1.807, 2.05) is 0 Å². The molecule has 1 atom stereocenters. The van der Waals surface area contributed by atoms with Gasteiger partial charge >= 0.3 is 6.09 Å². The van der Waals surface area contributed by atoms with Crippen molar-refractivity contribution in [2.45, 2.75) is 13.0 Å². The second kappa shape index (κ2) is 4.60. The van der Waals surface area contributed by atoms with Crippen LogP contribution in [0.15, 0.2) is 5.10 Å². The van der Waals surface area contributed by atoms with Gasteiger partial charge in [0.05, 0.1) is 6.04 Å². The Balaban J connectivity index is 3.52. The van der Waals surface area contributed by atoms with Crippen LogP contribution in [0.2, 0.25) is 0 Å². The lowest BCUT2D eigenvalue weighted by atomic mass is 10.4. The van der Waals surface area contributed by atoms with Gasteiger partial charge in [-0.25, -0.2) is 4.79 Å². The Morgan fingerprint density at radius 1 is 1.80 bits per heavy atom. The molecule has 0 aliphatic carbocycles. The predicted octanol–water partition coefficient (Wildman–Crippen LogP) is -0.152. The highest BCUT2D eigenvalue weighted by molar-refractivity contribution is 5.73. The predicted molar refractivity (Wildman–Crippen MR) is 38.2 cm³/mol. The number of carbonyl (C=O) groups is 1. The minimum atomic E-state index is -1.05. The molecule has 0 fully saturated rings. The first-order valence-corrected chi connectivity index (χ1v) is 2.86. The van der Waals surface area contributed by atoms with Gasteiger partial charge in [0.25, 0.3) is 0 Å². The molecular weight excluding hydrogens is 134 g/mol. The summed E-state index contributed by atoms with van der Waals surface area (Å²) in [5.41, 5.74) is 2.51. The van der Waals surface area contributed by atoms with Crippen molar-refractivity contribution in [3.63, 3.8) is 0 Å². The summed E-state index contributed by atoms with van der Waals surface area (Å²) in [5.74, 6) is 0. The highest BCUT2D eigenvalue weighted by Gasteiger charge is 1.99. The Bertz CT molecular complexity index is 135. The maximum Gasteiger partial charge on any atom is 0.405 e. The van der Waals surface area contributed by atoms with Crippen molar-refractivity contribution < 1.29 is 9.90 Å². The van der Waals surface area contributed by atoms with Gasteiger partial charge in [0.2, 0.25) is 0 Å². The van der Waals surface area contributed by atoms with Crippen LogP contribution in [-0.4, -0.2) is 30.5 Å². The minimum absolute atomic E-state index is 0.259. The first kappa shape index (κ1) is 8.74. The van der Waals surface area contributed by atoms with Crippen LogP contribution in [0.3, 0.4) is 0 Å². The van der Waals surface area contributed by atoms with Crippen molar-refractivity contribution in [1.29, 1.82) is 0 Å². The highest BCUT2D eigenvalue weighted by atomic mass is 16.4. The Morgan fingerprint density at radius 3 is 2.80 bits per heavy atom. The van der Waals surface area contributed by atoms with Crippen molar-refractivity contribution >= 4 is 12.3 Å². The number of hydrogen-bond donors (Lipinski definition) is 3. The first-order chi connectivity index (χ1) is 4.66. The van der Waals surface area contributed by atoms with E-state index in [1.54, 1.807) is 14.0 Å². The molecule has 5 heteroatoms. The van der Waals surface area contributed by atoms with Crippen molar-refractivity contribution in [1.82, 2.24) is 10.7 Å². The quantitative estimate of drug-likeness (QED) is 0.382. The van der Waals surface area contributed by atoms with Crippen molar-refractivity contribution in [2.24, 2.45) is 5.10 Å². The van der Waals surface area contributed by atoms with Crippen LogP contribution in [0, 0.1) is 0 Å². The number of amides is 1. The number of carboxylic acid groups (broad SMARTS) is 1. The molecule has 0 aromatic carbocycles. The first-order valence-electron chi connectivity index (χ1n) is 2.86. The van der Waals surface area contributed by atoms with Gasteiger partial charge in [-0.2, -0.15) is 5.10 Å². The molecule has 0 rings (SSSR count). The van der Waals surface area contributed by atoms with Gasteiger partial charge in [0, 0.05) is 13.3 Å². The maximum absolute atomic E-state index is 9.98. The fraction of sp³-hybridized carbons (Fsp3) is 0.600. The molecule has 0 aliphatic heterocycles. The summed E-state index contributed by atoms with van der Waals surface area (Å²) >= 11 is 0. The maximum atomic E-state index is 9.98. The Hall–Kier alpha value is -1.26. The molecule has 0 bridgehead atoms. The molecule has 1 unspecified atom stereocenters. The zero-order valence-corrected chi connectivity index (χ0v) is 5.96. The van der Waals surface area contributed by atoms with E-state index in [-0.39, 0.29) is 6.04 Å². The van der Waals surface area contributed by atoms with E-state index in [0.29, 0.717) is 0 Å². The molecule has 0 heterocycles. The average molecular weight is 145 g/mol. The Labute approximate surface area is 59.1 Å². The van der Waals surface area contributed by atoms with Crippen LogP contribution in [0.25, 0.3) is 0 Å². The third kappa shape index (κ3) is 4.89. The normalized spacial score (nSPS) is 13.0. The zero-order valence-electron chi connectivity index (χ0n) is 5.96. The Kier molecular flexibility index (Phi) is 4.02. The van der Waals surface area contributed by atoms with Crippen molar-refractivity contribution in [3.05, 3.63) is 0 Å². The van der Waals surface area contributed by atoms with Crippen LogP contribution in [0.5, 0.6) is 0 Å². The van der Waals surface area contributed by atoms with Gasteiger partial charge in [-0.15, -0.1) is 0 Å². The molecule has 3 N–H and O–H groups in total. The molecule has 0 saturated heterocycles. The summed E-state index contributed by atoms with van der Waals surface area (Å²) in [5, 5.41) is 14.0. The molecule has 0 radical (unpaired) electrons. The zero-order chi connectivity index (χ0) is 7.98. The van der Waals surface area contributed by atoms with Crippen LogP contribution >= 0.6 is 0 Å². The fourth-order valence-electron chi connectivity index (χ4n) is 0.418. The van der Waals surface area contributed by atoms with E-state index < -0.39 is 6.09 Å². The van der Waals surface area contributed by atoms with Crippen LogP contribution in [-0.2, 0) is 0 Å². The second-order valence-electron chi connectivity index (χ2n) is 1.74. The summed E-state index contributed by atoms with van der Waals surface area (Å²) in [7, 11) is 1.64. The number of rotatable bonds is 3. The van der Waals surface area contributed by atoms with Gasteiger partial charge in [-0.05, 0) is 6.92 Å². The molecule has 0 aliphatic rings. The lowest BCUT2D eigenvalue weighted by Gasteiger charge is -2.02. The summed E-state index contributed by atoms with van der Waals surface area (Å²) in [6.07, 6.45) is 0.420. The Morgan fingerprint density at radius 2 is 2.40 bits per heavy atom. The minimum Gasteiger partial charge on any atom is -0.465 e. The molecule has 0 spiro atoms. The monoisotopic (exact) mass is 145 g/mol. The number of nitrogens with zero attached hydrogens (tertiary/aromatic N) is 1. The van der Waals surface area contributed by atoms with Crippen molar-refractivity contribution in [3.8, 4) is 0 Å². The molecule has 0 aromatic rings. The van der Waals surface area contributed by atoms with E-state index in [4.69, 9.17) is 5.11 Å². The second-order valence-corrected chi connectivity index (χ2v) is 1.74. The SMILES string of the molecule is CN/N=C/C(C)NC(=O)O. The summed E-state index contributed by atoms with van der Waals surface area (Å²) < 4.78 is 0. The van der Waals surface area contributed by atoms with E-state index in [1.165, 1.54) is 6.21 Å². The van der Waals surface area contributed by atoms with E-state index in [2.05, 4.69) is 15.8 Å². The van der Waals surface area contributed by atoms with E-state index in [0.717, 1.165) is 0 Å². The van der Waals surface area contributed by atoms with Gasteiger partial charge in [0.1, 0.15) is 0 Å². The van der Waals surface area contributed by atoms with Gasteiger partial charge in [-0.3, -0.25) is 0 Å². The third-order valence-corrected chi connectivity index (χ3v) is 0.778.